The van der Waals surface area contributed by atoms with Crippen molar-refractivity contribution in [2.75, 3.05) is 31.8 Å². The van der Waals surface area contributed by atoms with E-state index >= 15 is 0 Å². The zero-order valence-electron chi connectivity index (χ0n) is 25.4. The number of rotatable bonds is 10. The fourth-order valence-corrected chi connectivity index (χ4v) is 7.10. The molecule has 3 amide bonds. The van der Waals surface area contributed by atoms with Crippen molar-refractivity contribution < 1.29 is 19.1 Å². The molecular weight excluding hydrogens is 556 g/mol. The second kappa shape index (κ2) is 13.1. The number of ether oxygens (including phenoxy) is 1. The number of imidazole rings is 1. The molecule has 2 aromatic carbocycles. The third-order valence-electron chi connectivity index (χ3n) is 9.61. The molecule has 6 rings (SSSR count). The van der Waals surface area contributed by atoms with Gasteiger partial charge >= 0.3 is 0 Å². The number of carbonyl (C=O) groups is 3. The van der Waals surface area contributed by atoms with Gasteiger partial charge in [-0.2, -0.15) is 0 Å². The van der Waals surface area contributed by atoms with Gasteiger partial charge in [0.1, 0.15) is 17.3 Å². The first-order valence-electron chi connectivity index (χ1n) is 15.8. The Labute approximate surface area is 258 Å². The zero-order chi connectivity index (χ0) is 30.5. The number of piperidine rings is 1. The van der Waals surface area contributed by atoms with Gasteiger partial charge in [0.05, 0.1) is 20.1 Å². The summed E-state index contributed by atoms with van der Waals surface area (Å²) in [4.78, 5) is 54.5. The van der Waals surface area contributed by atoms with Gasteiger partial charge in [-0.15, -0.1) is 0 Å². The van der Waals surface area contributed by atoms with E-state index in [4.69, 9.17) is 4.74 Å². The minimum Gasteiger partial charge on any atom is -0.497 e. The molecule has 0 radical (unpaired) electrons. The lowest BCUT2D eigenvalue weighted by molar-refractivity contribution is -0.141. The molecule has 3 aliphatic rings. The van der Waals surface area contributed by atoms with E-state index in [-0.39, 0.29) is 24.1 Å². The summed E-state index contributed by atoms with van der Waals surface area (Å²) >= 11 is 0. The second-order valence-corrected chi connectivity index (χ2v) is 12.2. The van der Waals surface area contributed by atoms with Gasteiger partial charge in [-0.1, -0.05) is 43.2 Å². The van der Waals surface area contributed by atoms with Gasteiger partial charge in [0.15, 0.2) is 0 Å². The fraction of sp³-hybridized carbons (Fsp3) is 0.471. The SMILES string of the molecule is COc1ccc(C[C@@H](NC(=O)CCc2cnc[nH]2)C(=O)N2CCC3(CC2)C(=O)N(C2CCCC2)CN3c2ccccc2)cc1. The lowest BCUT2D eigenvalue weighted by atomic mass is 9.84. The van der Waals surface area contributed by atoms with Gasteiger partial charge in [-0.3, -0.25) is 14.4 Å². The summed E-state index contributed by atoms with van der Waals surface area (Å²) < 4.78 is 5.30. The van der Waals surface area contributed by atoms with Crippen molar-refractivity contribution in [3.8, 4) is 5.75 Å². The Morgan fingerprint density at radius 3 is 2.45 bits per heavy atom. The minimum absolute atomic E-state index is 0.116. The molecule has 0 unspecified atom stereocenters. The molecule has 1 atom stereocenters. The molecule has 232 valence electrons. The number of amides is 3. The summed E-state index contributed by atoms with van der Waals surface area (Å²) in [6.45, 7) is 1.50. The van der Waals surface area contributed by atoms with E-state index in [1.54, 1.807) is 19.6 Å². The van der Waals surface area contributed by atoms with Crippen molar-refractivity contribution >= 4 is 23.4 Å². The summed E-state index contributed by atoms with van der Waals surface area (Å²) in [6.07, 6.45) is 9.97. The Morgan fingerprint density at radius 2 is 1.80 bits per heavy atom. The number of aromatic amines is 1. The van der Waals surface area contributed by atoms with Gasteiger partial charge in [-0.05, 0) is 61.9 Å². The van der Waals surface area contributed by atoms with E-state index < -0.39 is 11.6 Å². The lowest BCUT2D eigenvalue weighted by Crippen LogP contribution is -2.60. The molecule has 10 nitrogen and oxygen atoms in total. The normalized spacial score (nSPS) is 19.0. The molecular formula is C34H42N6O4. The zero-order valence-corrected chi connectivity index (χ0v) is 25.4. The van der Waals surface area contributed by atoms with Crippen molar-refractivity contribution in [1.29, 1.82) is 0 Å². The number of hydrogen-bond acceptors (Lipinski definition) is 6. The summed E-state index contributed by atoms with van der Waals surface area (Å²) in [7, 11) is 1.62. The largest absolute Gasteiger partial charge is 0.497 e. The highest BCUT2D eigenvalue weighted by Gasteiger charge is 2.55. The van der Waals surface area contributed by atoms with Gasteiger partial charge in [0.2, 0.25) is 17.7 Å². The van der Waals surface area contributed by atoms with E-state index in [1.165, 1.54) is 0 Å². The van der Waals surface area contributed by atoms with E-state index in [0.29, 0.717) is 51.5 Å². The maximum absolute atomic E-state index is 14.2. The quantitative estimate of drug-likeness (QED) is 0.369. The highest BCUT2D eigenvalue weighted by atomic mass is 16.5. The van der Waals surface area contributed by atoms with Crippen LogP contribution >= 0.6 is 0 Å². The number of methoxy groups -OCH3 is 1. The number of H-pyrrole nitrogens is 1. The maximum atomic E-state index is 14.2. The molecule has 0 bridgehead atoms. The Morgan fingerprint density at radius 1 is 1.07 bits per heavy atom. The number of likely N-dealkylation sites (tertiary alicyclic amines) is 1. The van der Waals surface area contributed by atoms with Gasteiger partial charge in [0, 0.05) is 49.6 Å². The Kier molecular flexibility index (Phi) is 8.86. The summed E-state index contributed by atoms with van der Waals surface area (Å²) in [5.41, 5.74) is 2.18. The smallest absolute Gasteiger partial charge is 0.250 e. The van der Waals surface area contributed by atoms with Crippen molar-refractivity contribution in [3.63, 3.8) is 0 Å². The molecule has 2 saturated heterocycles. The molecule has 2 aliphatic heterocycles. The third-order valence-corrected chi connectivity index (χ3v) is 9.61. The number of nitrogens with one attached hydrogen (secondary N) is 2. The standard InChI is InChI=1S/C34H42N6O4/c1-44-29-14-11-25(12-15-29)21-30(37-31(41)16-13-26-22-35-23-36-26)32(42)38-19-17-34(18-20-38)33(43)39(27-7-5-6-8-27)24-40(34)28-9-3-2-4-10-28/h2-4,9-12,14-15,22-23,27,30H,5-8,13,16-21,24H2,1H3,(H,35,36)(H,37,41)/t30-/m1/s1. The van der Waals surface area contributed by atoms with Crippen LogP contribution in [-0.2, 0) is 27.2 Å². The highest BCUT2D eigenvalue weighted by molar-refractivity contribution is 5.94. The van der Waals surface area contributed by atoms with Gasteiger partial charge in [0.25, 0.3) is 0 Å². The average Bonchev–Trinajstić information content (AvgIpc) is 3.84. The Hall–Kier alpha value is -4.34. The minimum atomic E-state index is -0.716. The molecule has 1 saturated carbocycles. The van der Waals surface area contributed by atoms with Crippen LogP contribution in [-0.4, -0.2) is 82.0 Å². The van der Waals surface area contributed by atoms with Gasteiger partial charge < -0.3 is 29.7 Å². The number of aromatic nitrogens is 2. The Bertz CT molecular complexity index is 1410. The molecule has 10 heteroatoms. The van der Waals surface area contributed by atoms with Crippen molar-refractivity contribution in [2.45, 2.75) is 75.4 Å². The van der Waals surface area contributed by atoms with Crippen LogP contribution in [0.1, 0.15) is 56.2 Å². The predicted octanol–water partition coefficient (Wildman–Crippen LogP) is 3.69. The van der Waals surface area contributed by atoms with Crippen LogP contribution in [0.3, 0.4) is 0 Å². The van der Waals surface area contributed by atoms with E-state index in [1.807, 2.05) is 47.4 Å². The number of hydrogen-bond donors (Lipinski definition) is 2. The maximum Gasteiger partial charge on any atom is 0.250 e. The summed E-state index contributed by atoms with van der Waals surface area (Å²) in [6, 6.07) is 17.3. The van der Waals surface area contributed by atoms with E-state index in [9.17, 15) is 14.4 Å². The van der Waals surface area contributed by atoms with Crippen molar-refractivity contribution in [3.05, 3.63) is 78.4 Å². The topological polar surface area (TPSA) is 111 Å². The molecule has 3 fully saturated rings. The number of aryl methyl sites for hydroxylation is 1. The van der Waals surface area contributed by atoms with Gasteiger partial charge in [-0.25, -0.2) is 4.98 Å². The first-order chi connectivity index (χ1) is 21.5. The average molecular weight is 599 g/mol. The summed E-state index contributed by atoms with van der Waals surface area (Å²) in [5, 5.41) is 3.02. The predicted molar refractivity (Wildman–Crippen MR) is 167 cm³/mol. The molecule has 2 N–H and O–H groups in total. The molecule has 1 aliphatic carbocycles. The number of benzene rings is 2. The highest BCUT2D eigenvalue weighted by Crippen LogP contribution is 2.42. The first kappa shape index (κ1) is 29.7. The van der Waals surface area contributed by atoms with Crippen LogP contribution in [0.2, 0.25) is 0 Å². The van der Waals surface area contributed by atoms with Crippen LogP contribution in [0.4, 0.5) is 5.69 Å². The number of para-hydroxylation sites is 1. The molecule has 3 heterocycles. The lowest BCUT2D eigenvalue weighted by Gasteiger charge is -2.44. The monoisotopic (exact) mass is 598 g/mol. The van der Waals surface area contributed by atoms with Crippen LogP contribution in [0.15, 0.2) is 67.1 Å². The Balaban J connectivity index is 1.18. The number of carbonyl (C=O) groups excluding carboxylic acids is 3. The number of nitrogens with zero attached hydrogens (tertiary/aromatic N) is 4. The molecule has 1 spiro atoms. The van der Waals surface area contributed by atoms with E-state index in [2.05, 4.69) is 37.2 Å². The molecule has 44 heavy (non-hydrogen) atoms. The third kappa shape index (κ3) is 6.16. The van der Waals surface area contributed by atoms with E-state index in [0.717, 1.165) is 48.4 Å². The number of anilines is 1. The first-order valence-corrected chi connectivity index (χ1v) is 15.8. The molecule has 3 aromatic rings. The van der Waals surface area contributed by atoms with Crippen LogP contribution in [0.5, 0.6) is 5.75 Å². The fourth-order valence-electron chi connectivity index (χ4n) is 7.10. The van der Waals surface area contributed by atoms with Crippen LogP contribution in [0, 0.1) is 0 Å². The second-order valence-electron chi connectivity index (χ2n) is 12.2. The summed E-state index contributed by atoms with van der Waals surface area (Å²) in [5.74, 6) is 0.628. The van der Waals surface area contributed by atoms with Crippen molar-refractivity contribution in [1.82, 2.24) is 25.1 Å². The van der Waals surface area contributed by atoms with Crippen molar-refractivity contribution in [2.24, 2.45) is 0 Å². The van der Waals surface area contributed by atoms with Crippen LogP contribution in [0.25, 0.3) is 0 Å². The molecule has 1 aromatic heterocycles. The van der Waals surface area contributed by atoms with Crippen LogP contribution < -0.4 is 15.0 Å².